The van der Waals surface area contributed by atoms with Crippen molar-refractivity contribution in [3.8, 4) is 5.75 Å². The Morgan fingerprint density at radius 3 is 2.47 bits per heavy atom. The first-order valence-electron chi connectivity index (χ1n) is 7.16. The van der Waals surface area contributed by atoms with E-state index in [0.717, 1.165) is 32.0 Å². The number of benzene rings is 1. The third kappa shape index (κ3) is 2.73. The number of phenols is 1. The van der Waals surface area contributed by atoms with Crippen molar-refractivity contribution >= 4 is 5.84 Å². The Morgan fingerprint density at radius 2 is 1.84 bits per heavy atom. The van der Waals surface area contributed by atoms with Crippen LogP contribution in [0.1, 0.15) is 30.9 Å². The van der Waals surface area contributed by atoms with Gasteiger partial charge in [-0.2, -0.15) is 0 Å². The summed E-state index contributed by atoms with van der Waals surface area (Å²) in [6, 6.07) is 7.78. The molecule has 2 aliphatic rings. The van der Waals surface area contributed by atoms with Gasteiger partial charge in [-0.25, -0.2) is 0 Å². The number of phenolic OH excluding ortho intramolecular Hbond substituents is 1. The molecule has 0 spiro atoms. The Hall–Kier alpha value is -1.55. The zero-order valence-electron chi connectivity index (χ0n) is 11.2. The lowest BCUT2D eigenvalue weighted by Gasteiger charge is -2.34. The second kappa shape index (κ2) is 5.61. The van der Waals surface area contributed by atoms with Crippen LogP contribution in [0.3, 0.4) is 0 Å². The number of nitrogens with one attached hydrogen (secondary N) is 1. The molecule has 0 saturated carbocycles. The zero-order valence-corrected chi connectivity index (χ0v) is 11.2. The highest BCUT2D eigenvalue weighted by molar-refractivity contribution is 5.89. The molecule has 2 N–H and O–H groups in total. The summed E-state index contributed by atoms with van der Waals surface area (Å²) in [5, 5.41) is 12.9. The first kappa shape index (κ1) is 12.5. The van der Waals surface area contributed by atoms with Gasteiger partial charge in [0.1, 0.15) is 11.6 Å². The minimum absolute atomic E-state index is 0.225. The summed E-state index contributed by atoms with van der Waals surface area (Å²) in [5.41, 5.74) is 1.22. The van der Waals surface area contributed by atoms with E-state index < -0.39 is 0 Å². The maximum atomic E-state index is 9.45. The van der Waals surface area contributed by atoms with Crippen molar-refractivity contribution in [2.24, 2.45) is 4.99 Å². The van der Waals surface area contributed by atoms with Crippen molar-refractivity contribution in [2.45, 2.75) is 25.3 Å². The summed E-state index contributed by atoms with van der Waals surface area (Å²) in [6.07, 6.45) is 3.86. The van der Waals surface area contributed by atoms with Gasteiger partial charge in [0.25, 0.3) is 0 Å². The maximum Gasteiger partial charge on any atom is 0.119 e. The fraction of sp³-hybridized carbons (Fsp3) is 0.533. The summed E-state index contributed by atoms with van der Waals surface area (Å²) >= 11 is 0. The van der Waals surface area contributed by atoms with Crippen molar-refractivity contribution < 1.29 is 5.11 Å². The van der Waals surface area contributed by atoms with E-state index in [9.17, 15) is 5.11 Å². The van der Waals surface area contributed by atoms with Gasteiger partial charge in [-0.15, -0.1) is 0 Å². The maximum absolute atomic E-state index is 9.45. The second-order valence-electron chi connectivity index (χ2n) is 5.28. The highest BCUT2D eigenvalue weighted by Crippen LogP contribution is 2.27. The number of rotatable bonds is 3. The molecule has 2 aliphatic heterocycles. The average Bonchev–Trinajstić information content (AvgIpc) is 2.96. The molecule has 1 saturated heterocycles. The Balaban J connectivity index is 1.88. The van der Waals surface area contributed by atoms with E-state index >= 15 is 0 Å². The molecule has 0 aliphatic carbocycles. The number of piperidine rings is 1. The molecular weight excluding hydrogens is 238 g/mol. The van der Waals surface area contributed by atoms with Gasteiger partial charge in [0, 0.05) is 6.54 Å². The highest BCUT2D eigenvalue weighted by Gasteiger charge is 2.28. The molecule has 0 aromatic heterocycles. The molecule has 1 unspecified atom stereocenters. The molecule has 19 heavy (non-hydrogen) atoms. The molecule has 4 nitrogen and oxygen atoms in total. The topological polar surface area (TPSA) is 47.9 Å². The summed E-state index contributed by atoms with van der Waals surface area (Å²) in [7, 11) is 0. The Bertz CT molecular complexity index is 449. The Morgan fingerprint density at radius 1 is 1.11 bits per heavy atom. The predicted molar refractivity (Wildman–Crippen MR) is 76.6 cm³/mol. The van der Waals surface area contributed by atoms with Crippen LogP contribution in [-0.4, -0.2) is 42.0 Å². The fourth-order valence-corrected chi connectivity index (χ4v) is 2.97. The SMILES string of the molecule is Oc1ccc(C(C2=NCCN2)N2CCCCC2)cc1. The van der Waals surface area contributed by atoms with Crippen LogP contribution < -0.4 is 5.32 Å². The monoisotopic (exact) mass is 259 g/mol. The van der Waals surface area contributed by atoms with Gasteiger partial charge >= 0.3 is 0 Å². The van der Waals surface area contributed by atoms with E-state index in [4.69, 9.17) is 0 Å². The molecule has 3 rings (SSSR count). The summed E-state index contributed by atoms with van der Waals surface area (Å²) in [5.74, 6) is 1.41. The van der Waals surface area contributed by atoms with Crippen molar-refractivity contribution in [1.82, 2.24) is 10.2 Å². The third-order valence-corrected chi connectivity index (χ3v) is 3.92. The molecule has 0 radical (unpaired) electrons. The van der Waals surface area contributed by atoms with E-state index in [2.05, 4.69) is 15.2 Å². The number of nitrogens with zero attached hydrogens (tertiary/aromatic N) is 2. The molecule has 1 atom stereocenters. The summed E-state index contributed by atoms with van der Waals surface area (Å²) < 4.78 is 0. The van der Waals surface area contributed by atoms with E-state index in [1.54, 1.807) is 12.1 Å². The minimum Gasteiger partial charge on any atom is -0.508 e. The van der Waals surface area contributed by atoms with E-state index in [0.29, 0.717) is 5.75 Å². The third-order valence-electron chi connectivity index (χ3n) is 3.92. The van der Waals surface area contributed by atoms with Crippen LogP contribution in [0.25, 0.3) is 0 Å². The van der Waals surface area contributed by atoms with E-state index in [1.807, 2.05) is 12.1 Å². The molecule has 4 heteroatoms. The lowest BCUT2D eigenvalue weighted by molar-refractivity contribution is 0.201. The quantitative estimate of drug-likeness (QED) is 0.872. The highest BCUT2D eigenvalue weighted by atomic mass is 16.3. The van der Waals surface area contributed by atoms with Gasteiger partial charge in [-0.3, -0.25) is 9.89 Å². The van der Waals surface area contributed by atoms with Crippen molar-refractivity contribution in [1.29, 1.82) is 0 Å². The Labute approximate surface area is 114 Å². The van der Waals surface area contributed by atoms with Crippen LogP contribution in [0.5, 0.6) is 5.75 Å². The number of hydrogen-bond acceptors (Lipinski definition) is 4. The van der Waals surface area contributed by atoms with Crippen LogP contribution in [-0.2, 0) is 0 Å². The molecule has 2 heterocycles. The molecule has 1 aromatic rings. The lowest BCUT2D eigenvalue weighted by atomic mass is 10.0. The Kier molecular flexibility index (Phi) is 3.69. The van der Waals surface area contributed by atoms with Gasteiger partial charge in [0.05, 0.1) is 12.6 Å². The number of aliphatic imine (C=N–C) groups is 1. The number of amidine groups is 1. The van der Waals surface area contributed by atoms with Gasteiger partial charge in [-0.1, -0.05) is 18.6 Å². The molecule has 102 valence electrons. The minimum atomic E-state index is 0.225. The zero-order chi connectivity index (χ0) is 13.1. The van der Waals surface area contributed by atoms with Crippen molar-refractivity contribution in [3.05, 3.63) is 29.8 Å². The normalized spacial score (nSPS) is 21.8. The molecule has 0 amide bonds. The van der Waals surface area contributed by atoms with Crippen molar-refractivity contribution in [3.63, 3.8) is 0 Å². The predicted octanol–water partition coefficient (Wildman–Crippen LogP) is 1.92. The van der Waals surface area contributed by atoms with E-state index in [1.165, 1.54) is 24.8 Å². The van der Waals surface area contributed by atoms with Gasteiger partial charge in [0.15, 0.2) is 0 Å². The van der Waals surface area contributed by atoms with Crippen LogP contribution >= 0.6 is 0 Å². The first-order valence-corrected chi connectivity index (χ1v) is 7.16. The largest absolute Gasteiger partial charge is 0.508 e. The average molecular weight is 259 g/mol. The standard InChI is InChI=1S/C15H21N3O/c19-13-6-4-12(5-7-13)14(15-16-8-9-17-15)18-10-2-1-3-11-18/h4-7,14,19H,1-3,8-11H2,(H,16,17). The summed E-state index contributed by atoms with van der Waals surface area (Å²) in [4.78, 5) is 7.12. The molecule has 0 bridgehead atoms. The second-order valence-corrected chi connectivity index (χ2v) is 5.28. The first-order chi connectivity index (χ1) is 9.34. The van der Waals surface area contributed by atoms with Crippen molar-refractivity contribution in [2.75, 3.05) is 26.2 Å². The van der Waals surface area contributed by atoms with Crippen LogP contribution in [0.4, 0.5) is 0 Å². The van der Waals surface area contributed by atoms with Crippen LogP contribution in [0.15, 0.2) is 29.3 Å². The van der Waals surface area contributed by atoms with Crippen LogP contribution in [0, 0.1) is 0 Å². The van der Waals surface area contributed by atoms with E-state index in [-0.39, 0.29) is 6.04 Å². The molecular formula is C15H21N3O. The van der Waals surface area contributed by atoms with Gasteiger partial charge in [-0.05, 0) is 43.6 Å². The van der Waals surface area contributed by atoms with Crippen LogP contribution in [0.2, 0.25) is 0 Å². The molecule has 1 aromatic carbocycles. The van der Waals surface area contributed by atoms with Gasteiger partial charge in [0.2, 0.25) is 0 Å². The summed E-state index contributed by atoms with van der Waals surface area (Å²) in [6.45, 7) is 4.08. The lowest BCUT2D eigenvalue weighted by Crippen LogP contribution is -2.41. The number of hydrogen-bond donors (Lipinski definition) is 2. The number of aromatic hydroxyl groups is 1. The smallest absolute Gasteiger partial charge is 0.119 e. The molecule has 1 fully saturated rings. The number of likely N-dealkylation sites (tertiary alicyclic amines) is 1. The fourth-order valence-electron chi connectivity index (χ4n) is 2.97. The van der Waals surface area contributed by atoms with Gasteiger partial charge < -0.3 is 10.4 Å².